The summed E-state index contributed by atoms with van der Waals surface area (Å²) in [6, 6.07) is 0. The molecule has 0 spiro atoms. The summed E-state index contributed by atoms with van der Waals surface area (Å²) in [6.07, 6.45) is 91.3. The van der Waals surface area contributed by atoms with Crippen molar-refractivity contribution in [1.82, 2.24) is 0 Å². The number of hydrogen-bond donors (Lipinski definition) is 0. The first-order chi connectivity index (χ1) is 39.5. The Balaban J connectivity index is 4.36. The number of allylic oxidation sites excluding steroid dienone is 16. The predicted molar refractivity (Wildman–Crippen MR) is 348 cm³/mol. The third-order valence-corrected chi connectivity index (χ3v) is 14.8. The van der Waals surface area contributed by atoms with E-state index in [1.54, 1.807) is 0 Å². The van der Waals surface area contributed by atoms with Crippen LogP contribution in [0.3, 0.4) is 0 Å². The van der Waals surface area contributed by atoms with E-state index in [1.807, 2.05) is 0 Å². The summed E-state index contributed by atoms with van der Waals surface area (Å²) in [5.74, 6) is -0.882. The third-order valence-electron chi connectivity index (χ3n) is 14.8. The van der Waals surface area contributed by atoms with E-state index >= 15 is 0 Å². The van der Waals surface area contributed by atoms with Crippen molar-refractivity contribution in [3.63, 3.8) is 0 Å². The van der Waals surface area contributed by atoms with Crippen LogP contribution in [-0.4, -0.2) is 37.2 Å². The average Bonchev–Trinajstić information content (AvgIpc) is 3.46. The minimum absolute atomic E-state index is 0.0801. The topological polar surface area (TPSA) is 78.9 Å². The molecule has 0 aromatic heterocycles. The molecule has 6 heteroatoms. The van der Waals surface area contributed by atoms with Gasteiger partial charge in [-0.05, 0) is 103 Å². The van der Waals surface area contributed by atoms with Gasteiger partial charge in [0, 0.05) is 19.3 Å². The van der Waals surface area contributed by atoms with Crippen molar-refractivity contribution < 1.29 is 28.6 Å². The third kappa shape index (κ3) is 65.1. The van der Waals surface area contributed by atoms with Crippen molar-refractivity contribution in [2.24, 2.45) is 0 Å². The Morgan fingerprint density at radius 3 is 0.762 bits per heavy atom. The molecule has 0 radical (unpaired) electrons. The average molecular weight is 1110 g/mol. The molecule has 0 rings (SSSR count). The number of carbonyl (C=O) groups is 3. The van der Waals surface area contributed by atoms with E-state index in [-0.39, 0.29) is 31.1 Å². The zero-order chi connectivity index (χ0) is 57.8. The van der Waals surface area contributed by atoms with Crippen molar-refractivity contribution in [3.8, 4) is 0 Å². The summed E-state index contributed by atoms with van der Waals surface area (Å²) in [7, 11) is 0. The summed E-state index contributed by atoms with van der Waals surface area (Å²) in [6.45, 7) is 6.54. The van der Waals surface area contributed by atoms with Crippen LogP contribution in [0.4, 0.5) is 0 Å². The van der Waals surface area contributed by atoms with E-state index in [0.29, 0.717) is 19.3 Å². The van der Waals surface area contributed by atoms with E-state index in [0.717, 1.165) is 116 Å². The molecule has 0 aliphatic heterocycles. The molecule has 0 N–H and O–H groups in total. The Morgan fingerprint density at radius 2 is 0.487 bits per heavy atom. The Morgan fingerprint density at radius 1 is 0.263 bits per heavy atom. The van der Waals surface area contributed by atoms with Gasteiger partial charge in [0.15, 0.2) is 6.10 Å². The molecule has 0 aromatic rings. The Bertz CT molecular complexity index is 1560. The van der Waals surface area contributed by atoms with Crippen molar-refractivity contribution in [1.29, 1.82) is 0 Å². The molecule has 1 atom stereocenters. The van der Waals surface area contributed by atoms with Crippen LogP contribution in [0.15, 0.2) is 97.2 Å². The highest BCUT2D eigenvalue weighted by Crippen LogP contribution is 2.17. The molecular formula is C74H128O6. The molecule has 0 aliphatic carbocycles. The van der Waals surface area contributed by atoms with Gasteiger partial charge in [-0.15, -0.1) is 0 Å². The van der Waals surface area contributed by atoms with E-state index in [9.17, 15) is 14.4 Å². The van der Waals surface area contributed by atoms with Crippen molar-refractivity contribution >= 4 is 17.9 Å². The lowest BCUT2D eigenvalue weighted by Crippen LogP contribution is -2.30. The smallest absolute Gasteiger partial charge is 0.306 e. The van der Waals surface area contributed by atoms with E-state index < -0.39 is 6.10 Å². The van der Waals surface area contributed by atoms with Gasteiger partial charge in [0.25, 0.3) is 0 Å². The maximum Gasteiger partial charge on any atom is 0.306 e. The zero-order valence-corrected chi connectivity index (χ0v) is 52.8. The van der Waals surface area contributed by atoms with Crippen LogP contribution < -0.4 is 0 Å². The second-order valence-electron chi connectivity index (χ2n) is 22.7. The summed E-state index contributed by atoms with van der Waals surface area (Å²) in [4.78, 5) is 38.4. The van der Waals surface area contributed by atoms with Gasteiger partial charge in [0.05, 0.1) is 0 Å². The van der Waals surface area contributed by atoms with E-state index in [4.69, 9.17) is 14.2 Å². The molecule has 0 heterocycles. The molecule has 0 amide bonds. The number of esters is 3. The number of rotatable bonds is 62. The van der Waals surface area contributed by atoms with Crippen LogP contribution in [-0.2, 0) is 28.6 Å². The highest BCUT2D eigenvalue weighted by molar-refractivity contribution is 5.71. The number of carbonyl (C=O) groups excluding carboxylic acids is 3. The number of hydrogen-bond acceptors (Lipinski definition) is 6. The normalized spacial score (nSPS) is 12.7. The van der Waals surface area contributed by atoms with Crippen LogP contribution in [0.25, 0.3) is 0 Å². The minimum atomic E-state index is -0.786. The molecule has 0 saturated carbocycles. The van der Waals surface area contributed by atoms with Crippen molar-refractivity contribution in [2.45, 2.75) is 341 Å². The highest BCUT2D eigenvalue weighted by atomic mass is 16.6. The summed E-state index contributed by atoms with van der Waals surface area (Å²) < 4.78 is 17.0. The Labute approximate surface area is 496 Å². The van der Waals surface area contributed by atoms with E-state index in [2.05, 4.69) is 118 Å². The fourth-order valence-corrected chi connectivity index (χ4v) is 9.71. The lowest BCUT2D eigenvalue weighted by Gasteiger charge is -2.18. The van der Waals surface area contributed by atoms with Gasteiger partial charge in [-0.1, -0.05) is 311 Å². The van der Waals surface area contributed by atoms with Gasteiger partial charge in [0.2, 0.25) is 0 Å². The largest absolute Gasteiger partial charge is 0.462 e. The molecule has 6 nitrogen and oxygen atoms in total. The van der Waals surface area contributed by atoms with Gasteiger partial charge < -0.3 is 14.2 Å². The van der Waals surface area contributed by atoms with Gasteiger partial charge in [-0.2, -0.15) is 0 Å². The van der Waals surface area contributed by atoms with Crippen molar-refractivity contribution in [3.05, 3.63) is 97.2 Å². The van der Waals surface area contributed by atoms with Crippen LogP contribution in [0.1, 0.15) is 335 Å². The second-order valence-corrected chi connectivity index (χ2v) is 22.7. The zero-order valence-electron chi connectivity index (χ0n) is 52.8. The summed E-state index contributed by atoms with van der Waals surface area (Å²) in [5, 5.41) is 0. The summed E-state index contributed by atoms with van der Waals surface area (Å²) in [5.41, 5.74) is 0. The Kier molecular flexibility index (Phi) is 64.7. The lowest BCUT2D eigenvalue weighted by molar-refractivity contribution is -0.167. The SMILES string of the molecule is CC/C=C\C/C=C\C/C=C\C/C=C\C/C=C\C/C=C\CCCCCCCCC(=O)OCC(COC(=O)CCCCCCCCCCCCCCCC)OC(=O)CCCCCCCCCCCCC/C=C\C/C=C\CCCCCCC. The first-order valence-electron chi connectivity index (χ1n) is 34.2. The fourth-order valence-electron chi connectivity index (χ4n) is 9.71. The molecule has 0 aromatic carbocycles. The fraction of sp³-hybridized carbons (Fsp3) is 0.743. The number of ether oxygens (including phenoxy) is 3. The van der Waals surface area contributed by atoms with Crippen LogP contribution in [0.5, 0.6) is 0 Å². The van der Waals surface area contributed by atoms with Crippen LogP contribution >= 0.6 is 0 Å². The standard InChI is InChI=1S/C74H128O6/c1-4-7-10-13-16-19-22-25-28-30-32-34-36-37-39-40-42-44-46-49-52-55-58-61-64-67-73(76)79-70-71(69-78-72(75)66-63-60-57-54-51-48-27-24-21-18-15-12-9-6-3)80-74(77)68-65-62-59-56-53-50-47-45-43-41-38-35-33-31-29-26-23-20-17-14-11-8-5-2/h7,10,16,19,23,25-26,28,31-34,37,39,42,44,71H,4-6,8-9,11-15,17-18,20-22,24,27,29-30,35-36,38,40-41,43,45-70H2,1-3H3/b10-7-,19-16-,26-23-,28-25-,33-31-,34-32-,39-37-,44-42-. The molecule has 460 valence electrons. The minimum Gasteiger partial charge on any atom is -0.462 e. The van der Waals surface area contributed by atoms with Gasteiger partial charge in [0.1, 0.15) is 13.2 Å². The molecule has 0 aliphatic rings. The molecule has 0 bridgehead atoms. The van der Waals surface area contributed by atoms with Crippen LogP contribution in [0.2, 0.25) is 0 Å². The quantitative estimate of drug-likeness (QED) is 0.0261. The van der Waals surface area contributed by atoms with E-state index in [1.165, 1.54) is 180 Å². The van der Waals surface area contributed by atoms with Gasteiger partial charge in [-0.3, -0.25) is 14.4 Å². The number of unbranched alkanes of at least 4 members (excludes halogenated alkanes) is 35. The van der Waals surface area contributed by atoms with Gasteiger partial charge >= 0.3 is 17.9 Å². The monoisotopic (exact) mass is 1110 g/mol. The first kappa shape index (κ1) is 76.3. The molecule has 1 unspecified atom stereocenters. The first-order valence-corrected chi connectivity index (χ1v) is 34.2. The molecule has 0 saturated heterocycles. The van der Waals surface area contributed by atoms with Crippen molar-refractivity contribution in [2.75, 3.05) is 13.2 Å². The highest BCUT2D eigenvalue weighted by Gasteiger charge is 2.19. The van der Waals surface area contributed by atoms with Crippen LogP contribution in [0, 0.1) is 0 Å². The lowest BCUT2D eigenvalue weighted by atomic mass is 10.0. The predicted octanol–water partition coefficient (Wildman–Crippen LogP) is 23.6. The molecule has 0 fully saturated rings. The maximum absolute atomic E-state index is 13.0. The van der Waals surface area contributed by atoms with Gasteiger partial charge in [-0.25, -0.2) is 0 Å². The maximum atomic E-state index is 13.0. The molecular weight excluding hydrogens is 985 g/mol. The Hall–Kier alpha value is -3.67. The second kappa shape index (κ2) is 67.8. The summed E-state index contributed by atoms with van der Waals surface area (Å²) >= 11 is 0. The molecule has 80 heavy (non-hydrogen) atoms.